The van der Waals surface area contributed by atoms with Crippen molar-refractivity contribution in [1.29, 1.82) is 0 Å². The predicted molar refractivity (Wildman–Crippen MR) is 102 cm³/mol. The Morgan fingerprint density at radius 1 is 0.786 bits per heavy atom. The van der Waals surface area contributed by atoms with E-state index in [4.69, 9.17) is 4.74 Å². The van der Waals surface area contributed by atoms with Gasteiger partial charge in [0.05, 0.1) is 11.6 Å². The van der Waals surface area contributed by atoms with Crippen molar-refractivity contribution in [3.05, 3.63) is 102 Å². The van der Waals surface area contributed by atoms with Gasteiger partial charge in [0, 0.05) is 13.1 Å². The number of nitrogens with zero attached hydrogens (tertiary/aromatic N) is 1. The summed E-state index contributed by atoms with van der Waals surface area (Å²) in [5.41, 5.74) is 1.69. The van der Waals surface area contributed by atoms with Crippen molar-refractivity contribution in [2.45, 2.75) is 18.3 Å². The summed E-state index contributed by atoms with van der Waals surface area (Å²) in [6.07, 6.45) is -4.49. The molecular weight excluding hydrogens is 363 g/mol. The molecule has 3 aromatic rings. The van der Waals surface area contributed by atoms with Gasteiger partial charge in [0.25, 0.3) is 0 Å². The van der Waals surface area contributed by atoms with Crippen molar-refractivity contribution in [2.24, 2.45) is 0 Å². The number of alkyl halides is 3. The molecule has 0 atom stereocenters. The SMILES string of the molecule is FC(F)(F)c1cccc(OC2CN(C(c3ccccc3)c3ccccc3)C2)c1. The molecule has 144 valence electrons. The zero-order chi connectivity index (χ0) is 19.6. The Bertz CT molecular complexity index is 866. The fourth-order valence-corrected chi connectivity index (χ4v) is 3.58. The molecule has 0 radical (unpaired) electrons. The van der Waals surface area contributed by atoms with Gasteiger partial charge < -0.3 is 4.74 Å². The Balaban J connectivity index is 1.47. The van der Waals surface area contributed by atoms with Crippen molar-refractivity contribution < 1.29 is 17.9 Å². The van der Waals surface area contributed by atoms with Gasteiger partial charge in [0.1, 0.15) is 11.9 Å². The standard InChI is InChI=1S/C23H20F3NO/c24-23(25,26)19-12-7-13-20(14-19)28-21-15-27(16-21)22(17-8-3-1-4-9-17)18-10-5-2-6-11-18/h1-14,21-22H,15-16H2. The first-order valence-electron chi connectivity index (χ1n) is 9.18. The number of hydrogen-bond donors (Lipinski definition) is 0. The topological polar surface area (TPSA) is 12.5 Å². The lowest BCUT2D eigenvalue weighted by atomic mass is 9.94. The highest BCUT2D eigenvalue weighted by Crippen LogP contribution is 2.35. The molecular formula is C23H20F3NO. The van der Waals surface area contributed by atoms with Gasteiger partial charge in [-0.2, -0.15) is 13.2 Å². The minimum atomic E-state index is -4.36. The Hall–Kier alpha value is -2.79. The van der Waals surface area contributed by atoms with Crippen LogP contribution in [0.2, 0.25) is 0 Å². The maximum absolute atomic E-state index is 12.9. The summed E-state index contributed by atoms with van der Waals surface area (Å²) >= 11 is 0. The zero-order valence-electron chi connectivity index (χ0n) is 15.1. The van der Waals surface area contributed by atoms with Gasteiger partial charge in [-0.05, 0) is 29.3 Å². The third-order valence-electron chi connectivity index (χ3n) is 4.94. The molecule has 28 heavy (non-hydrogen) atoms. The van der Waals surface area contributed by atoms with E-state index in [2.05, 4.69) is 29.2 Å². The number of likely N-dealkylation sites (tertiary alicyclic amines) is 1. The van der Waals surface area contributed by atoms with E-state index in [-0.39, 0.29) is 17.9 Å². The third kappa shape index (κ3) is 4.04. The summed E-state index contributed by atoms with van der Waals surface area (Å²) in [6, 6.07) is 25.6. The van der Waals surface area contributed by atoms with Crippen molar-refractivity contribution >= 4 is 0 Å². The smallest absolute Gasteiger partial charge is 0.416 e. The fourth-order valence-electron chi connectivity index (χ4n) is 3.58. The van der Waals surface area contributed by atoms with E-state index < -0.39 is 11.7 Å². The molecule has 0 aromatic heterocycles. The highest BCUT2D eigenvalue weighted by molar-refractivity contribution is 5.33. The number of ether oxygens (including phenoxy) is 1. The van der Waals surface area contributed by atoms with E-state index >= 15 is 0 Å². The molecule has 1 saturated heterocycles. The van der Waals surface area contributed by atoms with Gasteiger partial charge in [-0.15, -0.1) is 0 Å². The number of hydrogen-bond acceptors (Lipinski definition) is 2. The second-order valence-corrected chi connectivity index (χ2v) is 6.94. The molecule has 0 amide bonds. The van der Waals surface area contributed by atoms with Gasteiger partial charge in [-0.1, -0.05) is 66.7 Å². The van der Waals surface area contributed by atoms with Crippen LogP contribution in [0.3, 0.4) is 0 Å². The molecule has 3 aromatic carbocycles. The van der Waals surface area contributed by atoms with E-state index in [9.17, 15) is 13.2 Å². The lowest BCUT2D eigenvalue weighted by molar-refractivity contribution is -0.137. The second-order valence-electron chi connectivity index (χ2n) is 6.94. The van der Waals surface area contributed by atoms with E-state index in [0.717, 1.165) is 12.1 Å². The summed E-state index contributed by atoms with van der Waals surface area (Å²) in [4.78, 5) is 2.28. The molecule has 1 heterocycles. The monoisotopic (exact) mass is 383 g/mol. The van der Waals surface area contributed by atoms with Gasteiger partial charge >= 0.3 is 6.18 Å². The van der Waals surface area contributed by atoms with Crippen LogP contribution < -0.4 is 4.74 Å². The Kier molecular flexibility index (Phi) is 5.09. The summed E-state index contributed by atoms with van der Waals surface area (Å²) < 4.78 is 44.4. The highest BCUT2D eigenvalue weighted by atomic mass is 19.4. The van der Waals surface area contributed by atoms with Gasteiger partial charge in [0.15, 0.2) is 0 Å². The van der Waals surface area contributed by atoms with E-state index in [1.807, 2.05) is 36.4 Å². The minimum absolute atomic E-state index is 0.101. The van der Waals surface area contributed by atoms with Crippen LogP contribution in [0.25, 0.3) is 0 Å². The van der Waals surface area contributed by atoms with Crippen molar-refractivity contribution in [1.82, 2.24) is 4.90 Å². The number of rotatable bonds is 5. The molecule has 0 saturated carbocycles. The minimum Gasteiger partial charge on any atom is -0.488 e. The summed E-state index contributed by atoms with van der Waals surface area (Å²) in [5, 5.41) is 0. The molecule has 0 unspecified atom stereocenters. The molecule has 0 N–H and O–H groups in total. The highest BCUT2D eigenvalue weighted by Gasteiger charge is 2.36. The number of halogens is 3. The molecule has 1 aliphatic rings. The van der Waals surface area contributed by atoms with Crippen molar-refractivity contribution in [2.75, 3.05) is 13.1 Å². The van der Waals surface area contributed by atoms with Crippen LogP contribution in [0.4, 0.5) is 13.2 Å². The van der Waals surface area contributed by atoms with Crippen LogP contribution in [0, 0.1) is 0 Å². The Labute approximate surface area is 162 Å². The molecule has 5 heteroatoms. The van der Waals surface area contributed by atoms with Gasteiger partial charge in [-0.3, -0.25) is 4.90 Å². The first-order valence-corrected chi connectivity index (χ1v) is 9.18. The largest absolute Gasteiger partial charge is 0.488 e. The average molecular weight is 383 g/mol. The second kappa shape index (κ2) is 7.68. The van der Waals surface area contributed by atoms with Crippen LogP contribution in [0.15, 0.2) is 84.9 Å². The van der Waals surface area contributed by atoms with E-state index in [0.29, 0.717) is 13.1 Å². The molecule has 4 rings (SSSR count). The Morgan fingerprint density at radius 3 is 1.89 bits per heavy atom. The fraction of sp³-hybridized carbons (Fsp3) is 0.217. The van der Waals surface area contributed by atoms with E-state index in [1.165, 1.54) is 17.2 Å². The van der Waals surface area contributed by atoms with Crippen molar-refractivity contribution in [3.8, 4) is 5.75 Å². The van der Waals surface area contributed by atoms with Crippen LogP contribution in [-0.2, 0) is 6.18 Å². The van der Waals surface area contributed by atoms with Crippen LogP contribution in [-0.4, -0.2) is 24.1 Å². The summed E-state index contributed by atoms with van der Waals surface area (Å²) in [6.45, 7) is 1.31. The lowest BCUT2D eigenvalue weighted by Crippen LogP contribution is -2.55. The number of benzene rings is 3. The first-order chi connectivity index (χ1) is 13.5. The summed E-state index contributed by atoms with van der Waals surface area (Å²) in [5.74, 6) is 0.260. The molecule has 0 aliphatic carbocycles. The zero-order valence-corrected chi connectivity index (χ0v) is 15.1. The van der Waals surface area contributed by atoms with Crippen LogP contribution >= 0.6 is 0 Å². The molecule has 2 nitrogen and oxygen atoms in total. The summed E-state index contributed by atoms with van der Waals surface area (Å²) in [7, 11) is 0. The lowest BCUT2D eigenvalue weighted by Gasteiger charge is -2.44. The molecule has 0 spiro atoms. The van der Waals surface area contributed by atoms with Crippen molar-refractivity contribution in [3.63, 3.8) is 0 Å². The van der Waals surface area contributed by atoms with Crippen LogP contribution in [0.5, 0.6) is 5.75 Å². The quantitative estimate of drug-likeness (QED) is 0.572. The predicted octanol–water partition coefficient (Wildman–Crippen LogP) is 5.56. The molecule has 1 fully saturated rings. The van der Waals surface area contributed by atoms with Crippen LogP contribution in [0.1, 0.15) is 22.7 Å². The Morgan fingerprint density at radius 2 is 1.36 bits per heavy atom. The molecule has 0 bridgehead atoms. The normalized spacial score (nSPS) is 15.4. The maximum atomic E-state index is 12.9. The molecule has 1 aliphatic heterocycles. The van der Waals surface area contributed by atoms with Gasteiger partial charge in [-0.25, -0.2) is 0 Å². The first kappa shape index (κ1) is 18.6. The van der Waals surface area contributed by atoms with E-state index in [1.54, 1.807) is 6.07 Å². The maximum Gasteiger partial charge on any atom is 0.416 e. The average Bonchev–Trinajstić information content (AvgIpc) is 2.67. The third-order valence-corrected chi connectivity index (χ3v) is 4.94. The van der Waals surface area contributed by atoms with Gasteiger partial charge in [0.2, 0.25) is 0 Å².